The Morgan fingerprint density at radius 2 is 2.00 bits per heavy atom. The summed E-state index contributed by atoms with van der Waals surface area (Å²) in [6.45, 7) is 2.16. The number of amides is 1. The largest absolute Gasteiger partial charge is 0.479 e. The van der Waals surface area contributed by atoms with E-state index in [9.17, 15) is 14.7 Å². The lowest BCUT2D eigenvalue weighted by molar-refractivity contribution is -0.152. The van der Waals surface area contributed by atoms with Gasteiger partial charge in [-0.15, -0.1) is 0 Å². The number of hydrogen-bond donors (Lipinski definition) is 1. The molecule has 1 aromatic rings. The van der Waals surface area contributed by atoms with Crippen LogP contribution in [0.3, 0.4) is 0 Å². The number of aliphatic carboxylic acids is 1. The highest BCUT2D eigenvalue weighted by molar-refractivity contribution is 5.85. The number of benzene rings is 1. The second-order valence-corrected chi connectivity index (χ2v) is 6.21. The van der Waals surface area contributed by atoms with Crippen LogP contribution in [-0.4, -0.2) is 54.4 Å². The third-order valence-corrected chi connectivity index (χ3v) is 4.68. The number of rotatable bonds is 5. The van der Waals surface area contributed by atoms with Gasteiger partial charge in [0.25, 0.3) is 0 Å². The van der Waals surface area contributed by atoms with Crippen molar-refractivity contribution >= 4 is 11.9 Å². The van der Waals surface area contributed by atoms with Gasteiger partial charge >= 0.3 is 5.97 Å². The van der Waals surface area contributed by atoms with E-state index in [-0.39, 0.29) is 18.4 Å². The van der Waals surface area contributed by atoms with Crippen molar-refractivity contribution in [1.82, 2.24) is 4.90 Å². The molecule has 1 N–H and O–H groups in total. The first-order valence-electron chi connectivity index (χ1n) is 8.46. The summed E-state index contributed by atoms with van der Waals surface area (Å²) >= 11 is 0. The number of carboxylic acids is 1. The van der Waals surface area contributed by atoms with E-state index in [0.717, 1.165) is 24.0 Å². The van der Waals surface area contributed by atoms with E-state index in [1.54, 1.807) is 6.07 Å². The molecule has 0 saturated carbocycles. The van der Waals surface area contributed by atoms with Gasteiger partial charge in [0.05, 0.1) is 19.1 Å². The van der Waals surface area contributed by atoms with Crippen molar-refractivity contribution in [3.8, 4) is 0 Å². The molecule has 6 heteroatoms. The molecule has 0 bridgehead atoms. The molecule has 1 aromatic carbocycles. The van der Waals surface area contributed by atoms with Crippen LogP contribution in [0, 0.1) is 0 Å². The quantitative estimate of drug-likeness (QED) is 0.889. The zero-order valence-electron chi connectivity index (χ0n) is 13.6. The molecule has 6 nitrogen and oxygen atoms in total. The van der Waals surface area contributed by atoms with Gasteiger partial charge in [-0.05, 0) is 30.4 Å². The second-order valence-electron chi connectivity index (χ2n) is 6.21. The van der Waals surface area contributed by atoms with E-state index >= 15 is 0 Å². The van der Waals surface area contributed by atoms with E-state index in [0.29, 0.717) is 32.8 Å². The molecule has 3 rings (SSSR count). The van der Waals surface area contributed by atoms with E-state index in [4.69, 9.17) is 9.47 Å². The summed E-state index contributed by atoms with van der Waals surface area (Å²) < 4.78 is 11.0. The predicted molar refractivity (Wildman–Crippen MR) is 86.6 cm³/mol. The number of ether oxygens (including phenoxy) is 2. The van der Waals surface area contributed by atoms with Gasteiger partial charge in [-0.2, -0.15) is 0 Å². The van der Waals surface area contributed by atoms with Crippen LogP contribution in [0.5, 0.6) is 0 Å². The lowest BCUT2D eigenvalue weighted by Gasteiger charge is -2.35. The molecule has 1 fully saturated rings. The van der Waals surface area contributed by atoms with Crippen LogP contribution in [0.15, 0.2) is 24.3 Å². The fourth-order valence-electron chi connectivity index (χ4n) is 3.40. The van der Waals surface area contributed by atoms with Crippen LogP contribution in [0.4, 0.5) is 0 Å². The summed E-state index contributed by atoms with van der Waals surface area (Å²) in [4.78, 5) is 25.7. The zero-order chi connectivity index (χ0) is 16.9. The van der Waals surface area contributed by atoms with Gasteiger partial charge in [-0.1, -0.05) is 24.3 Å². The third-order valence-electron chi connectivity index (χ3n) is 4.68. The summed E-state index contributed by atoms with van der Waals surface area (Å²) in [6, 6.07) is 6.55. The van der Waals surface area contributed by atoms with Gasteiger partial charge in [0.1, 0.15) is 0 Å². The highest BCUT2D eigenvalue weighted by Gasteiger charge is 2.35. The fourth-order valence-corrected chi connectivity index (χ4v) is 3.40. The Morgan fingerprint density at radius 1 is 1.25 bits per heavy atom. The summed E-state index contributed by atoms with van der Waals surface area (Å²) in [5.74, 6) is -1.15. The topological polar surface area (TPSA) is 76.1 Å². The molecular weight excluding hydrogens is 310 g/mol. The molecule has 1 saturated heterocycles. The summed E-state index contributed by atoms with van der Waals surface area (Å²) in [5, 5.41) is 9.59. The maximum absolute atomic E-state index is 12.5. The van der Waals surface area contributed by atoms with Crippen LogP contribution in [0.1, 0.15) is 36.4 Å². The van der Waals surface area contributed by atoms with Gasteiger partial charge < -0.3 is 19.5 Å². The first-order valence-corrected chi connectivity index (χ1v) is 8.46. The van der Waals surface area contributed by atoms with E-state index in [2.05, 4.69) is 0 Å². The van der Waals surface area contributed by atoms with Crippen molar-refractivity contribution in [1.29, 1.82) is 0 Å². The van der Waals surface area contributed by atoms with Gasteiger partial charge in [-0.3, -0.25) is 4.79 Å². The van der Waals surface area contributed by atoms with Crippen LogP contribution < -0.4 is 0 Å². The minimum absolute atomic E-state index is 0.143. The molecule has 2 aliphatic heterocycles. The number of carbonyl (C=O) groups excluding carboxylic acids is 1. The first kappa shape index (κ1) is 16.9. The van der Waals surface area contributed by atoms with Crippen molar-refractivity contribution in [3.05, 3.63) is 35.4 Å². The minimum atomic E-state index is -0.985. The molecular formula is C18H23NO5. The number of carbonyl (C=O) groups is 2. The molecule has 1 unspecified atom stereocenters. The van der Waals surface area contributed by atoms with Gasteiger partial charge in [0.2, 0.25) is 5.91 Å². The van der Waals surface area contributed by atoms with Crippen LogP contribution in [0.2, 0.25) is 0 Å². The van der Waals surface area contributed by atoms with Crippen LogP contribution >= 0.6 is 0 Å². The van der Waals surface area contributed by atoms with Gasteiger partial charge in [-0.25, -0.2) is 4.79 Å². The Balaban J connectivity index is 1.60. The maximum Gasteiger partial charge on any atom is 0.331 e. The number of carboxylic acid groups (broad SMARTS) is 1. The van der Waals surface area contributed by atoms with Crippen LogP contribution in [0.25, 0.3) is 0 Å². The Kier molecular flexibility index (Phi) is 5.48. The lowest BCUT2D eigenvalue weighted by Crippen LogP contribution is -2.44. The molecule has 24 heavy (non-hydrogen) atoms. The lowest BCUT2D eigenvalue weighted by atomic mass is 9.92. The molecule has 0 spiro atoms. The summed E-state index contributed by atoms with van der Waals surface area (Å²) in [5.41, 5.74) is 1.72. The molecule has 2 heterocycles. The normalized spacial score (nSPS) is 21.3. The average Bonchev–Trinajstić information content (AvgIpc) is 2.61. The minimum Gasteiger partial charge on any atom is -0.479 e. The van der Waals surface area contributed by atoms with Gasteiger partial charge in [0, 0.05) is 19.8 Å². The Hall–Kier alpha value is -1.92. The van der Waals surface area contributed by atoms with E-state index < -0.39 is 12.0 Å². The highest BCUT2D eigenvalue weighted by atomic mass is 16.5. The zero-order valence-corrected chi connectivity index (χ0v) is 13.6. The van der Waals surface area contributed by atoms with Crippen molar-refractivity contribution in [2.75, 3.05) is 26.4 Å². The molecule has 1 amide bonds. The fraction of sp³-hybridized carbons (Fsp3) is 0.556. The Labute approximate surface area is 141 Å². The molecule has 2 aliphatic rings. The molecule has 0 aliphatic carbocycles. The third kappa shape index (κ3) is 3.76. The van der Waals surface area contributed by atoms with Gasteiger partial charge in [0.15, 0.2) is 6.04 Å². The molecule has 0 aromatic heterocycles. The Bertz CT molecular complexity index is 597. The predicted octanol–water partition coefficient (Wildman–Crippen LogP) is 1.78. The van der Waals surface area contributed by atoms with Crippen molar-refractivity contribution < 1.29 is 24.2 Å². The van der Waals surface area contributed by atoms with E-state index in [1.165, 1.54) is 4.90 Å². The Morgan fingerprint density at radius 3 is 2.75 bits per heavy atom. The van der Waals surface area contributed by atoms with Crippen molar-refractivity contribution in [2.24, 2.45) is 0 Å². The second kappa shape index (κ2) is 7.77. The SMILES string of the molecule is O=C(O)C1c2ccccc2CCN1C(=O)CCOC1CCOCC1. The summed E-state index contributed by atoms with van der Waals surface area (Å²) in [6.07, 6.45) is 2.74. The monoisotopic (exact) mass is 333 g/mol. The standard InChI is InChI=1S/C18H23NO5/c20-16(8-12-24-14-6-10-23-11-7-14)19-9-5-13-3-1-2-4-15(13)17(19)18(21)22/h1-4,14,17H,5-12H2,(H,21,22). The molecule has 1 atom stereocenters. The number of fused-ring (bicyclic) bond motifs is 1. The smallest absolute Gasteiger partial charge is 0.331 e. The number of nitrogens with zero attached hydrogens (tertiary/aromatic N) is 1. The van der Waals surface area contributed by atoms with Crippen molar-refractivity contribution in [3.63, 3.8) is 0 Å². The van der Waals surface area contributed by atoms with E-state index in [1.807, 2.05) is 18.2 Å². The number of hydrogen-bond acceptors (Lipinski definition) is 4. The summed E-state index contributed by atoms with van der Waals surface area (Å²) in [7, 11) is 0. The molecule has 130 valence electrons. The average molecular weight is 333 g/mol. The van der Waals surface area contributed by atoms with Crippen molar-refractivity contribution in [2.45, 2.75) is 37.8 Å². The molecule has 0 radical (unpaired) electrons. The highest BCUT2D eigenvalue weighted by Crippen LogP contribution is 2.30. The van der Waals surface area contributed by atoms with Crippen LogP contribution in [-0.2, 0) is 25.5 Å². The maximum atomic E-state index is 12.5. The first-order chi connectivity index (χ1) is 11.7.